The third-order valence-corrected chi connectivity index (χ3v) is 5.51. The van der Waals surface area contributed by atoms with Crippen molar-refractivity contribution in [3.63, 3.8) is 0 Å². The Hall–Kier alpha value is -3.70. The first-order chi connectivity index (χ1) is 20.0. The van der Waals surface area contributed by atoms with Crippen LogP contribution >= 0.6 is 0 Å². The van der Waals surface area contributed by atoms with E-state index in [1.54, 1.807) is 13.8 Å². The average molecular weight is 599 g/mol. The predicted octanol–water partition coefficient (Wildman–Crippen LogP) is 3.79. The average Bonchev–Trinajstić information content (AvgIpc) is 2.98. The maximum absolute atomic E-state index is 12.7. The minimum Gasteiger partial charge on any atom is -0.466 e. The second kappa shape index (κ2) is 22.9. The van der Waals surface area contributed by atoms with Gasteiger partial charge in [0.2, 0.25) is 0 Å². The Morgan fingerprint density at radius 1 is 0.476 bits per heavy atom. The lowest BCUT2D eigenvalue weighted by Crippen LogP contribution is -2.28. The second-order valence-corrected chi connectivity index (χ2v) is 9.32. The van der Waals surface area contributed by atoms with Crippen LogP contribution in [0.1, 0.15) is 79.1 Å². The molecule has 42 heavy (non-hydrogen) atoms. The first-order valence-corrected chi connectivity index (χ1v) is 14.4. The highest BCUT2D eigenvalue weighted by molar-refractivity contribution is 5.97. The van der Waals surface area contributed by atoms with Crippen molar-refractivity contribution < 1.29 is 57.2 Å². The molecule has 0 amide bonds. The molecule has 2 atom stereocenters. The Morgan fingerprint density at radius 3 is 1.10 bits per heavy atom. The molecule has 0 fully saturated rings. The van der Waals surface area contributed by atoms with Crippen molar-refractivity contribution in [2.75, 3.05) is 39.6 Å². The summed E-state index contributed by atoms with van der Waals surface area (Å²) >= 11 is 0. The van der Waals surface area contributed by atoms with Crippen LogP contribution in [-0.4, -0.2) is 75.5 Å². The SMILES string of the molecule is C=C(C(=O)OCCC)C(CC(=O)OCCC)C(=O)OCCCCOC(=O)C(CC(=O)OCCC)C(=C)C(=O)OCCC. The molecule has 0 aliphatic heterocycles. The van der Waals surface area contributed by atoms with Crippen molar-refractivity contribution in [3.05, 3.63) is 24.3 Å². The summed E-state index contributed by atoms with van der Waals surface area (Å²) in [5.74, 6) is -7.19. The van der Waals surface area contributed by atoms with Gasteiger partial charge in [0.1, 0.15) is 0 Å². The number of rotatable bonds is 23. The van der Waals surface area contributed by atoms with Gasteiger partial charge in [-0.2, -0.15) is 0 Å². The molecule has 238 valence electrons. The van der Waals surface area contributed by atoms with Crippen LogP contribution in [0.5, 0.6) is 0 Å². The summed E-state index contributed by atoms with van der Waals surface area (Å²) in [7, 11) is 0. The van der Waals surface area contributed by atoms with E-state index in [2.05, 4.69) is 13.2 Å². The van der Waals surface area contributed by atoms with E-state index in [1.807, 2.05) is 13.8 Å². The van der Waals surface area contributed by atoms with Gasteiger partial charge in [0.15, 0.2) is 0 Å². The van der Waals surface area contributed by atoms with Crippen molar-refractivity contribution in [1.82, 2.24) is 0 Å². The molecule has 0 rings (SSSR count). The van der Waals surface area contributed by atoms with Gasteiger partial charge >= 0.3 is 35.8 Å². The lowest BCUT2D eigenvalue weighted by molar-refractivity contribution is -0.156. The molecule has 0 aromatic heterocycles. The lowest BCUT2D eigenvalue weighted by Gasteiger charge is -2.18. The maximum atomic E-state index is 12.7. The quantitative estimate of drug-likeness (QED) is 0.0726. The minimum absolute atomic E-state index is 0.100. The lowest BCUT2D eigenvalue weighted by atomic mass is 9.97. The molecule has 0 radical (unpaired) electrons. The van der Waals surface area contributed by atoms with Gasteiger partial charge in [-0.15, -0.1) is 0 Å². The first-order valence-electron chi connectivity index (χ1n) is 14.4. The molecule has 0 saturated carbocycles. The van der Waals surface area contributed by atoms with Gasteiger partial charge in [-0.05, 0) is 38.5 Å². The zero-order valence-electron chi connectivity index (χ0n) is 25.4. The summed E-state index contributed by atoms with van der Waals surface area (Å²) in [6, 6.07) is 0. The standard InChI is InChI=1S/C30H46O12/c1-7-13-37-25(31)19-23(21(5)27(33)39-15-9-3)29(35)41-17-11-12-18-42-30(36)24(20-26(32)38-14-8-2)22(6)28(34)40-16-10-4/h23-24H,5-20H2,1-4H3. The van der Waals surface area contributed by atoms with E-state index in [0.29, 0.717) is 25.7 Å². The summed E-state index contributed by atoms with van der Waals surface area (Å²) in [5, 5.41) is 0. The molecule has 0 heterocycles. The van der Waals surface area contributed by atoms with Gasteiger partial charge in [0, 0.05) is 11.1 Å². The van der Waals surface area contributed by atoms with Gasteiger partial charge in [-0.1, -0.05) is 40.9 Å². The molecule has 0 bridgehead atoms. The molecule has 0 aliphatic rings. The smallest absolute Gasteiger partial charge is 0.334 e. The number of hydrogen-bond donors (Lipinski definition) is 0. The topological polar surface area (TPSA) is 158 Å². The number of ether oxygens (including phenoxy) is 6. The highest BCUT2D eigenvalue weighted by atomic mass is 16.6. The molecule has 0 saturated heterocycles. The highest BCUT2D eigenvalue weighted by Gasteiger charge is 2.33. The third kappa shape index (κ3) is 15.9. The van der Waals surface area contributed by atoms with Crippen LogP contribution < -0.4 is 0 Å². The van der Waals surface area contributed by atoms with E-state index >= 15 is 0 Å². The first kappa shape index (κ1) is 38.3. The fourth-order valence-electron chi connectivity index (χ4n) is 3.19. The van der Waals surface area contributed by atoms with Crippen molar-refractivity contribution in [3.8, 4) is 0 Å². The van der Waals surface area contributed by atoms with Crippen LogP contribution in [-0.2, 0) is 57.2 Å². The zero-order valence-corrected chi connectivity index (χ0v) is 25.4. The van der Waals surface area contributed by atoms with Crippen molar-refractivity contribution >= 4 is 35.8 Å². The number of esters is 6. The minimum atomic E-state index is -1.27. The van der Waals surface area contributed by atoms with Gasteiger partial charge < -0.3 is 28.4 Å². The normalized spacial score (nSPS) is 11.8. The van der Waals surface area contributed by atoms with Crippen LogP contribution in [0.25, 0.3) is 0 Å². The molecule has 0 N–H and O–H groups in total. The molecular weight excluding hydrogens is 552 g/mol. The summed E-state index contributed by atoms with van der Waals surface area (Å²) < 4.78 is 30.6. The predicted molar refractivity (Wildman–Crippen MR) is 151 cm³/mol. The molecule has 0 aliphatic carbocycles. The summed E-state index contributed by atoms with van der Waals surface area (Å²) in [5.41, 5.74) is -0.422. The number of hydrogen-bond acceptors (Lipinski definition) is 12. The Labute approximate surface area is 248 Å². The van der Waals surface area contributed by atoms with Crippen molar-refractivity contribution in [2.24, 2.45) is 11.8 Å². The fraction of sp³-hybridized carbons (Fsp3) is 0.667. The van der Waals surface area contributed by atoms with Crippen molar-refractivity contribution in [2.45, 2.75) is 79.1 Å². The zero-order chi connectivity index (χ0) is 31.9. The van der Waals surface area contributed by atoms with E-state index < -0.39 is 60.5 Å². The van der Waals surface area contributed by atoms with E-state index in [1.165, 1.54) is 0 Å². The van der Waals surface area contributed by atoms with Gasteiger partial charge in [-0.3, -0.25) is 19.2 Å². The largest absolute Gasteiger partial charge is 0.466 e. The number of carbonyl (C=O) groups excluding carboxylic acids is 6. The summed E-state index contributed by atoms with van der Waals surface area (Å²) in [4.78, 5) is 74.1. The molecular formula is C30H46O12. The van der Waals surface area contributed by atoms with Crippen LogP contribution in [0.15, 0.2) is 24.3 Å². The van der Waals surface area contributed by atoms with E-state index in [0.717, 1.165) is 0 Å². The van der Waals surface area contributed by atoms with Gasteiger partial charge in [0.05, 0.1) is 64.3 Å². The summed E-state index contributed by atoms with van der Waals surface area (Å²) in [6.07, 6.45) is 1.99. The van der Waals surface area contributed by atoms with Crippen LogP contribution in [0.2, 0.25) is 0 Å². The number of carbonyl (C=O) groups is 6. The Morgan fingerprint density at radius 2 is 0.786 bits per heavy atom. The molecule has 12 heteroatoms. The van der Waals surface area contributed by atoms with E-state index in [4.69, 9.17) is 28.4 Å². The van der Waals surface area contributed by atoms with Gasteiger partial charge in [0.25, 0.3) is 0 Å². The summed E-state index contributed by atoms with van der Waals surface area (Å²) in [6.45, 7) is 14.9. The second-order valence-electron chi connectivity index (χ2n) is 9.32. The monoisotopic (exact) mass is 598 g/mol. The maximum Gasteiger partial charge on any atom is 0.334 e. The van der Waals surface area contributed by atoms with Gasteiger partial charge in [-0.25, -0.2) is 9.59 Å². The van der Waals surface area contributed by atoms with Crippen LogP contribution in [0.3, 0.4) is 0 Å². The molecule has 0 aromatic rings. The van der Waals surface area contributed by atoms with Crippen LogP contribution in [0, 0.1) is 11.8 Å². The Balaban J connectivity index is 5.00. The Kier molecular flexibility index (Phi) is 20.9. The molecule has 12 nitrogen and oxygen atoms in total. The van der Waals surface area contributed by atoms with E-state index in [-0.39, 0.29) is 63.6 Å². The molecule has 0 spiro atoms. The number of unbranched alkanes of at least 4 members (excludes halogenated alkanes) is 1. The fourth-order valence-corrected chi connectivity index (χ4v) is 3.19. The molecule has 2 unspecified atom stereocenters. The molecule has 0 aromatic carbocycles. The highest BCUT2D eigenvalue weighted by Crippen LogP contribution is 2.20. The van der Waals surface area contributed by atoms with E-state index in [9.17, 15) is 28.8 Å². The van der Waals surface area contributed by atoms with Crippen molar-refractivity contribution in [1.29, 1.82) is 0 Å². The Bertz CT molecular complexity index is 849. The van der Waals surface area contributed by atoms with Crippen LogP contribution in [0.4, 0.5) is 0 Å². The third-order valence-electron chi connectivity index (χ3n) is 5.51.